The summed E-state index contributed by atoms with van der Waals surface area (Å²) in [6.07, 6.45) is 0.161. The van der Waals surface area contributed by atoms with Crippen LogP contribution in [0.25, 0.3) is 0 Å². The molecule has 7 nitrogen and oxygen atoms in total. The second-order valence-electron chi connectivity index (χ2n) is 5.14. The number of amides is 2. The quantitative estimate of drug-likeness (QED) is 0.683. The highest BCUT2D eigenvalue weighted by molar-refractivity contribution is 5.98. The number of β-amino-alcohol motifs (C(OH)–C–C–N with tert-alkyl or cyclic N) is 1. The van der Waals surface area contributed by atoms with E-state index < -0.39 is 30.1 Å². The van der Waals surface area contributed by atoms with Crippen LogP contribution in [-0.4, -0.2) is 57.8 Å². The number of furan rings is 1. The average molecular weight is 282 g/mol. The van der Waals surface area contributed by atoms with Gasteiger partial charge in [-0.15, -0.1) is 0 Å². The number of aliphatic hydroxyl groups is 2. The Morgan fingerprint density at radius 2 is 2.15 bits per heavy atom. The zero-order valence-corrected chi connectivity index (χ0v) is 11.3. The lowest BCUT2D eigenvalue weighted by atomic mass is 10.1. The maximum absolute atomic E-state index is 12.3. The highest BCUT2D eigenvalue weighted by Crippen LogP contribution is 2.22. The van der Waals surface area contributed by atoms with Crippen molar-refractivity contribution >= 4 is 11.8 Å². The third-order valence-electron chi connectivity index (χ3n) is 3.17. The van der Waals surface area contributed by atoms with Crippen LogP contribution in [0.15, 0.2) is 23.0 Å². The lowest BCUT2D eigenvalue weighted by molar-refractivity contribution is -0.128. The summed E-state index contributed by atoms with van der Waals surface area (Å²) >= 11 is 0. The van der Waals surface area contributed by atoms with Gasteiger partial charge in [0, 0.05) is 6.04 Å². The van der Waals surface area contributed by atoms with Crippen LogP contribution in [0.3, 0.4) is 0 Å². The Morgan fingerprint density at radius 3 is 2.70 bits per heavy atom. The fourth-order valence-corrected chi connectivity index (χ4v) is 2.25. The van der Waals surface area contributed by atoms with Gasteiger partial charge < -0.3 is 24.8 Å². The van der Waals surface area contributed by atoms with E-state index in [4.69, 9.17) is 4.42 Å². The molecule has 1 unspecified atom stereocenters. The Labute approximate surface area is 116 Å². The molecule has 2 amide bonds. The zero-order valence-electron chi connectivity index (χ0n) is 11.3. The Balaban J connectivity index is 2.21. The van der Waals surface area contributed by atoms with Crippen molar-refractivity contribution in [3.05, 3.63) is 24.2 Å². The second-order valence-corrected chi connectivity index (χ2v) is 5.14. The Hall–Kier alpha value is -1.86. The first-order chi connectivity index (χ1) is 9.41. The van der Waals surface area contributed by atoms with E-state index in [2.05, 4.69) is 5.32 Å². The number of aliphatic hydroxyl groups excluding tert-OH is 2. The molecule has 0 bridgehead atoms. The van der Waals surface area contributed by atoms with E-state index in [0.29, 0.717) is 0 Å². The van der Waals surface area contributed by atoms with Gasteiger partial charge in [0.05, 0.1) is 18.4 Å². The fraction of sp³-hybridized carbons (Fsp3) is 0.538. The first-order valence-corrected chi connectivity index (χ1v) is 6.41. The Kier molecular flexibility index (Phi) is 4.10. The van der Waals surface area contributed by atoms with Gasteiger partial charge in [0.1, 0.15) is 24.5 Å². The zero-order chi connectivity index (χ0) is 14.9. The number of hydrogen-bond acceptors (Lipinski definition) is 5. The summed E-state index contributed by atoms with van der Waals surface area (Å²) in [4.78, 5) is 25.5. The summed E-state index contributed by atoms with van der Waals surface area (Å²) in [6.45, 7) is 3.46. The van der Waals surface area contributed by atoms with Crippen LogP contribution in [0.2, 0.25) is 0 Å². The van der Waals surface area contributed by atoms with E-state index in [-0.39, 0.29) is 18.2 Å². The highest BCUT2D eigenvalue weighted by Gasteiger charge is 2.46. The largest absolute Gasteiger partial charge is 0.472 e. The van der Waals surface area contributed by atoms with Gasteiger partial charge in [0.25, 0.3) is 5.91 Å². The molecule has 1 aliphatic rings. The van der Waals surface area contributed by atoms with Crippen molar-refractivity contribution < 1.29 is 24.2 Å². The highest BCUT2D eigenvalue weighted by atomic mass is 16.3. The van der Waals surface area contributed by atoms with Crippen molar-refractivity contribution in [1.29, 1.82) is 0 Å². The second kappa shape index (κ2) is 5.64. The molecule has 1 fully saturated rings. The fourth-order valence-electron chi connectivity index (χ4n) is 2.25. The van der Waals surface area contributed by atoms with Crippen LogP contribution in [0.4, 0.5) is 0 Å². The molecule has 7 heteroatoms. The topological polar surface area (TPSA) is 103 Å². The molecule has 1 saturated heterocycles. The van der Waals surface area contributed by atoms with Crippen LogP contribution in [-0.2, 0) is 4.79 Å². The summed E-state index contributed by atoms with van der Waals surface area (Å²) in [5.41, 5.74) is 0.272. The predicted octanol–water partition coefficient (Wildman–Crippen LogP) is -0.650. The average Bonchev–Trinajstić information content (AvgIpc) is 2.97. The van der Waals surface area contributed by atoms with Crippen LogP contribution in [0.1, 0.15) is 24.2 Å². The van der Waals surface area contributed by atoms with Crippen molar-refractivity contribution in [2.24, 2.45) is 0 Å². The van der Waals surface area contributed by atoms with E-state index in [0.717, 1.165) is 4.90 Å². The molecular formula is C13H18N2O5. The molecule has 1 aliphatic heterocycles. The van der Waals surface area contributed by atoms with Crippen molar-refractivity contribution in [2.75, 3.05) is 6.54 Å². The molecule has 0 aromatic carbocycles. The monoisotopic (exact) mass is 282 g/mol. The van der Waals surface area contributed by atoms with E-state index in [1.807, 2.05) is 0 Å². The molecule has 3 atom stereocenters. The van der Waals surface area contributed by atoms with E-state index in [1.54, 1.807) is 13.8 Å². The summed E-state index contributed by atoms with van der Waals surface area (Å²) < 4.78 is 4.84. The Bertz CT molecular complexity index is 485. The molecule has 2 rings (SSSR count). The number of nitrogens with one attached hydrogen (secondary N) is 1. The van der Waals surface area contributed by atoms with Gasteiger partial charge in [-0.2, -0.15) is 0 Å². The number of carbonyl (C=O) groups is 2. The molecule has 0 saturated carbocycles. The third kappa shape index (κ3) is 2.68. The first-order valence-electron chi connectivity index (χ1n) is 6.41. The minimum atomic E-state index is -1.30. The number of rotatable bonds is 3. The minimum Gasteiger partial charge on any atom is -0.472 e. The number of likely N-dealkylation sites (tertiary alicyclic amines) is 1. The Morgan fingerprint density at radius 1 is 1.45 bits per heavy atom. The standard InChI is InChI=1S/C13H18N2O5/c1-7(2)14-12(18)10-11(17)9(16)5-15(10)13(19)8-3-4-20-6-8/h3-4,6-7,9-11,16-17H,5H2,1-2H3,(H,14,18)/t9-,10?,11+/m0/s1. The van der Waals surface area contributed by atoms with E-state index in [9.17, 15) is 19.8 Å². The van der Waals surface area contributed by atoms with Crippen molar-refractivity contribution in [3.8, 4) is 0 Å². The van der Waals surface area contributed by atoms with Gasteiger partial charge in [-0.05, 0) is 19.9 Å². The molecule has 0 spiro atoms. The van der Waals surface area contributed by atoms with Gasteiger partial charge >= 0.3 is 0 Å². The lowest BCUT2D eigenvalue weighted by Gasteiger charge is -2.25. The summed E-state index contributed by atoms with van der Waals surface area (Å²) in [5.74, 6) is -0.945. The van der Waals surface area contributed by atoms with Crippen molar-refractivity contribution in [2.45, 2.75) is 38.1 Å². The summed E-state index contributed by atoms with van der Waals surface area (Å²) in [7, 11) is 0. The van der Waals surface area contributed by atoms with Crippen molar-refractivity contribution in [1.82, 2.24) is 10.2 Å². The molecule has 0 radical (unpaired) electrons. The van der Waals surface area contributed by atoms with Crippen LogP contribution < -0.4 is 5.32 Å². The lowest BCUT2D eigenvalue weighted by Crippen LogP contribution is -2.51. The van der Waals surface area contributed by atoms with Gasteiger partial charge in [-0.3, -0.25) is 9.59 Å². The van der Waals surface area contributed by atoms with Crippen LogP contribution in [0.5, 0.6) is 0 Å². The maximum Gasteiger partial charge on any atom is 0.257 e. The van der Waals surface area contributed by atoms with E-state index in [1.165, 1.54) is 18.6 Å². The molecule has 2 heterocycles. The predicted molar refractivity (Wildman–Crippen MR) is 68.8 cm³/mol. The molecule has 1 aromatic heterocycles. The first kappa shape index (κ1) is 14.5. The number of carbonyl (C=O) groups excluding carboxylic acids is 2. The van der Waals surface area contributed by atoms with E-state index >= 15 is 0 Å². The smallest absolute Gasteiger partial charge is 0.257 e. The molecule has 1 aromatic rings. The van der Waals surface area contributed by atoms with Crippen LogP contribution >= 0.6 is 0 Å². The minimum absolute atomic E-state index is 0.0959. The third-order valence-corrected chi connectivity index (χ3v) is 3.17. The molecule has 20 heavy (non-hydrogen) atoms. The SMILES string of the molecule is CC(C)NC(=O)C1[C@H](O)[C@@H](O)CN1C(=O)c1ccoc1. The molecular weight excluding hydrogens is 264 g/mol. The van der Waals surface area contributed by atoms with Gasteiger partial charge in [0.15, 0.2) is 0 Å². The summed E-state index contributed by atoms with van der Waals surface area (Å²) in [6, 6.07) is 0.240. The molecule has 3 N–H and O–H groups in total. The number of nitrogens with zero attached hydrogens (tertiary/aromatic N) is 1. The van der Waals surface area contributed by atoms with Gasteiger partial charge in [0.2, 0.25) is 5.91 Å². The number of hydrogen-bond donors (Lipinski definition) is 3. The van der Waals surface area contributed by atoms with Crippen molar-refractivity contribution in [3.63, 3.8) is 0 Å². The summed E-state index contributed by atoms with van der Waals surface area (Å²) in [5, 5.41) is 22.3. The maximum atomic E-state index is 12.3. The molecule has 110 valence electrons. The normalized spacial score (nSPS) is 26.1. The van der Waals surface area contributed by atoms with Crippen LogP contribution in [0, 0.1) is 0 Å². The molecule has 0 aliphatic carbocycles. The van der Waals surface area contributed by atoms with Gasteiger partial charge in [-0.25, -0.2) is 0 Å². The van der Waals surface area contributed by atoms with Gasteiger partial charge in [-0.1, -0.05) is 0 Å².